The Morgan fingerprint density at radius 2 is 0.394 bits per heavy atom. The maximum absolute atomic E-state index is 2.45. The molecule has 0 saturated carbocycles. The fourth-order valence-electron chi connectivity index (χ4n) is 22.0. The molecule has 0 bridgehead atoms. The van der Waals surface area contributed by atoms with E-state index in [0.29, 0.717) is 0 Å². The predicted octanol–water partition coefficient (Wildman–Crippen LogP) is 35.6. The standard InChI is InChI=1S/C67H47N3.C64H43N3/c1-67(2)60-42-48(47-32-40-66-59(41-47)58-22-10-13-25-65(58)69(66)49-17-4-3-5-18-49)31-38-54(60)55-39-37-52(43-61(55)67)68(62-26-14-16-46-15-6-7-19-53(46)62)50-33-27-44(28-34-50)45-29-35-51(36-30-45)70-63-23-11-8-20-56(63)57-21-9-12-24-64(57)70;1-2-15-51(16-3-1)66-63-23-11-8-20-58(63)59-43-50(35-42-64(59)66)48-27-25-44(26-28-48)45-29-36-52(37-30-45)65(60-24-12-14-49-13-4-5-17-55(49)60)53-38-31-46(32-39-53)47-33-40-54(41-34-47)67-61-21-9-6-18-56(61)57-19-7-10-22-62(57)67/h3-43H,1-2H3;1-43H. The zero-order chi connectivity index (χ0) is 90.8. The summed E-state index contributed by atoms with van der Waals surface area (Å²) in [5.74, 6) is 0. The summed E-state index contributed by atoms with van der Waals surface area (Å²) in [6.45, 7) is 4.79. The van der Waals surface area contributed by atoms with Crippen LogP contribution in [0.1, 0.15) is 25.0 Å². The molecule has 22 aromatic carbocycles. The van der Waals surface area contributed by atoms with Crippen molar-refractivity contribution >= 4 is 143 Å². The van der Waals surface area contributed by atoms with Gasteiger partial charge in [-0.25, -0.2) is 0 Å². The summed E-state index contributed by atoms with van der Waals surface area (Å²) >= 11 is 0. The third kappa shape index (κ3) is 13.6. The quantitative estimate of drug-likeness (QED) is 0.102. The SMILES string of the molecule is CC1(C)c2cc(-c3ccc4c(c3)c3ccccc3n4-c3ccccc3)ccc2-c2ccc(N(c3ccc(-c4ccc(-n5c6ccccc6c6ccccc65)cc4)cc3)c3cccc4ccccc34)cc21.c1ccc(-n2c3ccccc3c3cc(-c4ccc(-c5ccc(N(c6ccc(-c7ccc(-n8c9ccccc9c9ccccc98)cc7)cc6)c6cccc7ccccc67)cc5)cc4)ccc32)cc1. The van der Waals surface area contributed by atoms with E-state index < -0.39 is 0 Å². The molecular weight excluding hydrogens is 1660 g/mol. The van der Waals surface area contributed by atoms with E-state index in [1.54, 1.807) is 0 Å². The Labute approximate surface area is 794 Å². The van der Waals surface area contributed by atoms with Crippen LogP contribution in [0.3, 0.4) is 0 Å². The predicted molar refractivity (Wildman–Crippen MR) is 579 cm³/mol. The number of fused-ring (bicyclic) bond motifs is 17. The van der Waals surface area contributed by atoms with Gasteiger partial charge in [0.25, 0.3) is 0 Å². The van der Waals surface area contributed by atoms with Gasteiger partial charge in [-0.3, -0.25) is 0 Å². The van der Waals surface area contributed by atoms with Crippen molar-refractivity contribution in [3.63, 3.8) is 0 Å². The number of benzene rings is 22. The second-order valence-corrected chi connectivity index (χ2v) is 36.7. The van der Waals surface area contributed by atoms with Crippen molar-refractivity contribution in [3.05, 3.63) is 521 Å². The highest BCUT2D eigenvalue weighted by Crippen LogP contribution is 2.54. The third-order valence-corrected chi connectivity index (χ3v) is 28.6. The monoisotopic (exact) mass is 1750 g/mol. The lowest BCUT2D eigenvalue weighted by Gasteiger charge is -2.29. The fraction of sp³-hybridized carbons (Fsp3) is 0.0229. The van der Waals surface area contributed by atoms with E-state index in [2.05, 4.69) is 551 Å². The van der Waals surface area contributed by atoms with E-state index in [9.17, 15) is 0 Å². The topological polar surface area (TPSA) is 26.2 Å². The van der Waals surface area contributed by atoms with Crippen molar-refractivity contribution in [2.75, 3.05) is 9.80 Å². The van der Waals surface area contributed by atoms with Crippen LogP contribution in [0.25, 0.3) is 198 Å². The van der Waals surface area contributed by atoms with Crippen LogP contribution >= 0.6 is 0 Å². The molecule has 1 aliphatic carbocycles. The van der Waals surface area contributed by atoms with Crippen LogP contribution in [0.5, 0.6) is 0 Å². The summed E-state index contributed by atoms with van der Waals surface area (Å²) in [6.07, 6.45) is 0. The van der Waals surface area contributed by atoms with E-state index >= 15 is 0 Å². The summed E-state index contributed by atoms with van der Waals surface area (Å²) in [6, 6.07) is 186. The second kappa shape index (κ2) is 32.9. The Bertz CT molecular complexity index is 9080. The number of aromatic nitrogens is 4. The van der Waals surface area contributed by atoms with E-state index in [1.807, 2.05) is 0 Å². The number of para-hydroxylation sites is 8. The van der Waals surface area contributed by atoms with Gasteiger partial charge in [-0.15, -0.1) is 0 Å². The van der Waals surface area contributed by atoms with Crippen molar-refractivity contribution in [1.29, 1.82) is 0 Å². The first-order valence-corrected chi connectivity index (χ1v) is 47.3. The molecule has 0 unspecified atom stereocenters. The summed E-state index contributed by atoms with van der Waals surface area (Å²) < 4.78 is 9.50. The van der Waals surface area contributed by atoms with Crippen LogP contribution < -0.4 is 9.80 Å². The van der Waals surface area contributed by atoms with Crippen molar-refractivity contribution in [3.8, 4) is 89.5 Å². The Morgan fingerprint density at radius 1 is 0.161 bits per heavy atom. The van der Waals surface area contributed by atoms with Crippen molar-refractivity contribution in [1.82, 2.24) is 18.3 Å². The number of nitrogens with zero attached hydrogens (tertiary/aromatic N) is 6. The highest BCUT2D eigenvalue weighted by molar-refractivity contribution is 6.14. The van der Waals surface area contributed by atoms with Gasteiger partial charge in [0.1, 0.15) is 0 Å². The van der Waals surface area contributed by atoms with Gasteiger partial charge in [0.2, 0.25) is 0 Å². The van der Waals surface area contributed by atoms with Gasteiger partial charge in [0, 0.05) is 105 Å². The van der Waals surface area contributed by atoms with Gasteiger partial charge in [-0.1, -0.05) is 347 Å². The average Bonchev–Trinajstić information content (AvgIpc) is 1.59. The van der Waals surface area contributed by atoms with Crippen LogP contribution in [0.15, 0.2) is 510 Å². The zero-order valence-electron chi connectivity index (χ0n) is 75.7. The minimum atomic E-state index is -0.232. The van der Waals surface area contributed by atoms with E-state index in [-0.39, 0.29) is 5.41 Å². The van der Waals surface area contributed by atoms with Crippen LogP contribution in [0, 0.1) is 0 Å². The maximum Gasteiger partial charge on any atom is 0.0541 e. The first-order chi connectivity index (χ1) is 67.7. The molecular formula is C131H90N6. The molecule has 6 nitrogen and oxygen atoms in total. The minimum absolute atomic E-state index is 0.232. The average molecular weight is 1750 g/mol. The number of hydrogen-bond donors (Lipinski definition) is 0. The lowest BCUT2D eigenvalue weighted by atomic mass is 9.81. The van der Waals surface area contributed by atoms with Gasteiger partial charge < -0.3 is 28.1 Å². The molecule has 0 aliphatic heterocycles. The molecule has 0 spiro atoms. The summed E-state index contributed by atoms with van der Waals surface area (Å²) in [5, 5.41) is 15.0. The van der Waals surface area contributed by atoms with Gasteiger partial charge in [-0.05, 0) is 265 Å². The number of rotatable bonds is 15. The van der Waals surface area contributed by atoms with Gasteiger partial charge in [-0.2, -0.15) is 0 Å². The largest absolute Gasteiger partial charge is 0.310 e. The van der Waals surface area contributed by atoms with Crippen molar-refractivity contribution in [2.45, 2.75) is 19.3 Å². The Balaban J connectivity index is 0.000000142. The highest BCUT2D eigenvalue weighted by Gasteiger charge is 2.37. The molecule has 137 heavy (non-hydrogen) atoms. The Hall–Kier alpha value is -17.8. The molecule has 0 radical (unpaired) electrons. The lowest BCUT2D eigenvalue weighted by molar-refractivity contribution is 0.660. The molecule has 4 aromatic heterocycles. The van der Waals surface area contributed by atoms with Gasteiger partial charge in [0.05, 0.1) is 55.5 Å². The molecule has 6 heteroatoms. The first kappa shape index (κ1) is 80.1. The van der Waals surface area contributed by atoms with Crippen LogP contribution in [-0.4, -0.2) is 18.3 Å². The highest BCUT2D eigenvalue weighted by atomic mass is 15.2. The third-order valence-electron chi connectivity index (χ3n) is 28.6. The van der Waals surface area contributed by atoms with Crippen molar-refractivity contribution < 1.29 is 0 Å². The normalized spacial score (nSPS) is 12.2. The fourth-order valence-corrected chi connectivity index (χ4v) is 22.0. The molecule has 0 atom stereocenters. The molecule has 0 fully saturated rings. The number of hydrogen-bond acceptors (Lipinski definition) is 2. The molecule has 1 aliphatic rings. The molecule has 644 valence electrons. The van der Waals surface area contributed by atoms with Crippen LogP contribution in [0.4, 0.5) is 34.1 Å². The Kier molecular flexibility index (Phi) is 19.2. The van der Waals surface area contributed by atoms with E-state index in [4.69, 9.17) is 0 Å². The van der Waals surface area contributed by atoms with Crippen LogP contribution in [0.2, 0.25) is 0 Å². The zero-order valence-corrected chi connectivity index (χ0v) is 75.7. The Morgan fingerprint density at radius 3 is 0.766 bits per heavy atom. The summed E-state index contributed by atoms with van der Waals surface area (Å²) in [5.41, 5.74) is 38.1. The molecule has 26 aromatic rings. The van der Waals surface area contributed by atoms with Crippen LogP contribution in [-0.2, 0) is 5.41 Å². The van der Waals surface area contributed by atoms with Gasteiger partial charge in [0.15, 0.2) is 0 Å². The van der Waals surface area contributed by atoms with Gasteiger partial charge >= 0.3 is 0 Å². The maximum atomic E-state index is 2.45. The molecule has 0 N–H and O–H groups in total. The molecule has 27 rings (SSSR count). The first-order valence-electron chi connectivity index (χ1n) is 47.3. The van der Waals surface area contributed by atoms with E-state index in [0.717, 1.165) is 45.5 Å². The lowest BCUT2D eigenvalue weighted by Crippen LogP contribution is -2.16. The van der Waals surface area contributed by atoms with E-state index in [1.165, 1.54) is 198 Å². The van der Waals surface area contributed by atoms with Crippen molar-refractivity contribution in [2.24, 2.45) is 0 Å². The smallest absolute Gasteiger partial charge is 0.0541 e. The molecule has 0 amide bonds. The second-order valence-electron chi connectivity index (χ2n) is 36.7. The minimum Gasteiger partial charge on any atom is -0.310 e. The molecule has 0 saturated heterocycles. The molecule has 4 heterocycles. The number of anilines is 6. The summed E-state index contributed by atoms with van der Waals surface area (Å²) in [4.78, 5) is 4.83. The summed E-state index contributed by atoms with van der Waals surface area (Å²) in [7, 11) is 0.